The zero-order valence-electron chi connectivity index (χ0n) is 19.1. The number of amides is 1. The third-order valence-electron chi connectivity index (χ3n) is 5.81. The number of aromatic nitrogens is 1. The van der Waals surface area contributed by atoms with Gasteiger partial charge < -0.3 is 24.3 Å². The lowest BCUT2D eigenvalue weighted by Crippen LogP contribution is -2.28. The zero-order chi connectivity index (χ0) is 22.5. The molecule has 3 aromatic rings. The summed E-state index contributed by atoms with van der Waals surface area (Å²) >= 11 is 0. The number of oxazole rings is 1. The zero-order valence-corrected chi connectivity index (χ0v) is 19.1. The number of carbonyl (C=O) groups is 1. The average molecular weight is 437 g/mol. The van der Waals surface area contributed by atoms with E-state index < -0.39 is 0 Å². The highest BCUT2D eigenvalue weighted by Gasteiger charge is 2.16. The summed E-state index contributed by atoms with van der Waals surface area (Å²) < 4.78 is 11.9. The second-order valence-corrected chi connectivity index (χ2v) is 8.76. The van der Waals surface area contributed by atoms with Crippen molar-refractivity contribution in [1.29, 1.82) is 0 Å². The number of ether oxygens (including phenoxy) is 1. The molecular weight excluding hydrogens is 404 g/mol. The standard InChI is InChI=1S/C25H32N4O3/c1-28(2)15-16-29(3)25-27-22-17-19(11-14-23(22)32-25)26-24(30)18-9-12-21(13-10-18)31-20-7-5-4-6-8-20/h9-14,17,20H,4-8,15-16H2,1-3H3,(H,26,30). The molecule has 1 heterocycles. The van der Waals surface area contributed by atoms with Gasteiger partial charge in [0.05, 0.1) is 6.10 Å². The Kier molecular flexibility index (Phi) is 6.95. The van der Waals surface area contributed by atoms with Crippen LogP contribution in [0, 0.1) is 0 Å². The molecule has 0 unspecified atom stereocenters. The van der Waals surface area contributed by atoms with Gasteiger partial charge in [-0.25, -0.2) is 0 Å². The molecule has 0 saturated heterocycles. The van der Waals surface area contributed by atoms with Crippen LogP contribution >= 0.6 is 0 Å². The lowest BCUT2D eigenvalue weighted by atomic mass is 9.98. The summed E-state index contributed by atoms with van der Waals surface area (Å²) in [6.45, 7) is 1.71. The van der Waals surface area contributed by atoms with Crippen molar-refractivity contribution in [2.24, 2.45) is 0 Å². The lowest BCUT2D eigenvalue weighted by Gasteiger charge is -2.23. The fraction of sp³-hybridized carbons (Fsp3) is 0.440. The first-order valence-electron chi connectivity index (χ1n) is 11.3. The van der Waals surface area contributed by atoms with E-state index in [9.17, 15) is 4.79 Å². The summed E-state index contributed by atoms with van der Waals surface area (Å²) in [5.41, 5.74) is 2.68. The Balaban J connectivity index is 1.38. The van der Waals surface area contributed by atoms with Crippen LogP contribution in [-0.4, -0.2) is 56.1 Å². The van der Waals surface area contributed by atoms with Crippen molar-refractivity contribution in [2.75, 3.05) is 44.4 Å². The molecular formula is C25H32N4O3. The first-order chi connectivity index (χ1) is 15.5. The van der Waals surface area contributed by atoms with Gasteiger partial charge in [0.15, 0.2) is 5.58 Å². The highest BCUT2D eigenvalue weighted by Crippen LogP contribution is 2.26. The SMILES string of the molecule is CN(C)CCN(C)c1nc2cc(NC(=O)c3ccc(OC4CCCCC4)cc3)ccc2o1. The summed E-state index contributed by atoms with van der Waals surface area (Å²) in [5, 5.41) is 2.95. The van der Waals surface area contributed by atoms with Crippen molar-refractivity contribution in [1.82, 2.24) is 9.88 Å². The van der Waals surface area contributed by atoms with E-state index in [-0.39, 0.29) is 5.91 Å². The molecule has 2 aromatic carbocycles. The first kappa shape index (κ1) is 22.1. The lowest BCUT2D eigenvalue weighted by molar-refractivity contribution is 0.102. The van der Waals surface area contributed by atoms with Gasteiger partial charge in [-0.05, 0) is 82.2 Å². The van der Waals surface area contributed by atoms with Crippen LogP contribution in [0.5, 0.6) is 5.75 Å². The first-order valence-corrected chi connectivity index (χ1v) is 11.3. The van der Waals surface area contributed by atoms with E-state index in [1.807, 2.05) is 56.4 Å². The highest BCUT2D eigenvalue weighted by atomic mass is 16.5. The number of nitrogens with one attached hydrogen (secondary N) is 1. The molecule has 1 aliphatic rings. The monoisotopic (exact) mass is 436 g/mol. The third-order valence-corrected chi connectivity index (χ3v) is 5.81. The summed E-state index contributed by atoms with van der Waals surface area (Å²) in [4.78, 5) is 21.4. The van der Waals surface area contributed by atoms with Crippen molar-refractivity contribution in [3.8, 4) is 5.75 Å². The van der Waals surface area contributed by atoms with E-state index in [1.165, 1.54) is 19.3 Å². The molecule has 7 nitrogen and oxygen atoms in total. The smallest absolute Gasteiger partial charge is 0.298 e. The Morgan fingerprint density at radius 3 is 2.53 bits per heavy atom. The molecule has 0 atom stereocenters. The molecule has 1 N–H and O–H groups in total. The predicted octanol–water partition coefficient (Wildman–Crippen LogP) is 4.79. The minimum Gasteiger partial charge on any atom is -0.490 e. The topological polar surface area (TPSA) is 70.8 Å². The van der Waals surface area contributed by atoms with Crippen molar-refractivity contribution < 1.29 is 13.9 Å². The Morgan fingerprint density at radius 2 is 1.81 bits per heavy atom. The van der Waals surface area contributed by atoms with Crippen LogP contribution < -0.4 is 15.0 Å². The van der Waals surface area contributed by atoms with Gasteiger partial charge in [-0.1, -0.05) is 6.42 Å². The molecule has 0 aliphatic heterocycles. The Bertz CT molecular complexity index is 1040. The van der Waals surface area contributed by atoms with Crippen LogP contribution in [0.2, 0.25) is 0 Å². The van der Waals surface area contributed by atoms with Crippen LogP contribution in [-0.2, 0) is 0 Å². The summed E-state index contributed by atoms with van der Waals surface area (Å²) in [6.07, 6.45) is 6.28. The molecule has 1 saturated carbocycles. The number of hydrogen-bond acceptors (Lipinski definition) is 6. The van der Waals surface area contributed by atoms with Gasteiger partial charge in [-0.2, -0.15) is 4.98 Å². The second kappa shape index (κ2) is 10.0. The quantitative estimate of drug-likeness (QED) is 0.547. The summed E-state index contributed by atoms with van der Waals surface area (Å²) in [5.74, 6) is 0.656. The fourth-order valence-electron chi connectivity index (χ4n) is 3.87. The molecule has 32 heavy (non-hydrogen) atoms. The molecule has 4 rings (SSSR count). The maximum atomic E-state index is 12.7. The third kappa shape index (κ3) is 5.59. The van der Waals surface area contributed by atoms with E-state index in [0.29, 0.717) is 34.5 Å². The molecule has 1 amide bonds. The number of anilines is 2. The molecule has 1 aliphatic carbocycles. The molecule has 1 aromatic heterocycles. The minimum atomic E-state index is -0.166. The van der Waals surface area contributed by atoms with Gasteiger partial charge in [0.25, 0.3) is 11.9 Å². The van der Waals surface area contributed by atoms with Crippen LogP contribution in [0.4, 0.5) is 11.7 Å². The van der Waals surface area contributed by atoms with Crippen molar-refractivity contribution in [2.45, 2.75) is 38.2 Å². The van der Waals surface area contributed by atoms with Gasteiger partial charge in [0.2, 0.25) is 0 Å². The second-order valence-electron chi connectivity index (χ2n) is 8.76. The Labute approximate surface area is 189 Å². The minimum absolute atomic E-state index is 0.166. The maximum absolute atomic E-state index is 12.7. The van der Waals surface area contributed by atoms with Gasteiger partial charge >= 0.3 is 0 Å². The van der Waals surface area contributed by atoms with E-state index in [2.05, 4.69) is 15.2 Å². The van der Waals surface area contributed by atoms with Crippen LogP contribution in [0.3, 0.4) is 0 Å². The van der Waals surface area contributed by atoms with Crippen LogP contribution in [0.15, 0.2) is 46.9 Å². The number of rotatable bonds is 8. The van der Waals surface area contributed by atoms with Crippen LogP contribution in [0.25, 0.3) is 11.1 Å². The Hall–Kier alpha value is -3.06. The summed E-state index contributed by atoms with van der Waals surface area (Å²) in [7, 11) is 6.02. The van der Waals surface area contributed by atoms with E-state index in [4.69, 9.17) is 9.15 Å². The highest BCUT2D eigenvalue weighted by molar-refractivity contribution is 6.05. The number of carbonyl (C=O) groups excluding carboxylic acids is 1. The molecule has 0 radical (unpaired) electrons. The molecule has 0 spiro atoms. The normalized spacial score (nSPS) is 14.6. The van der Waals surface area contributed by atoms with Gasteiger partial charge in [0.1, 0.15) is 11.3 Å². The molecule has 7 heteroatoms. The van der Waals surface area contributed by atoms with E-state index in [1.54, 1.807) is 12.1 Å². The Morgan fingerprint density at radius 1 is 1.06 bits per heavy atom. The molecule has 0 bridgehead atoms. The van der Waals surface area contributed by atoms with Crippen molar-refractivity contribution in [3.63, 3.8) is 0 Å². The molecule has 1 fully saturated rings. The van der Waals surface area contributed by atoms with Crippen molar-refractivity contribution in [3.05, 3.63) is 48.0 Å². The van der Waals surface area contributed by atoms with Gasteiger partial charge in [0, 0.05) is 31.4 Å². The average Bonchev–Trinajstić information content (AvgIpc) is 3.22. The number of hydrogen-bond donors (Lipinski definition) is 1. The molecule has 170 valence electrons. The predicted molar refractivity (Wildman–Crippen MR) is 128 cm³/mol. The number of nitrogens with zero attached hydrogens (tertiary/aromatic N) is 3. The largest absolute Gasteiger partial charge is 0.490 e. The number of fused-ring (bicyclic) bond motifs is 1. The fourth-order valence-corrected chi connectivity index (χ4v) is 3.87. The maximum Gasteiger partial charge on any atom is 0.298 e. The van der Waals surface area contributed by atoms with E-state index in [0.717, 1.165) is 31.7 Å². The van der Waals surface area contributed by atoms with Crippen molar-refractivity contribution >= 4 is 28.7 Å². The van der Waals surface area contributed by atoms with E-state index >= 15 is 0 Å². The van der Waals surface area contributed by atoms with Gasteiger partial charge in [-0.15, -0.1) is 0 Å². The summed E-state index contributed by atoms with van der Waals surface area (Å²) in [6, 6.07) is 13.4. The van der Waals surface area contributed by atoms with Crippen LogP contribution in [0.1, 0.15) is 42.5 Å². The number of benzene rings is 2. The number of likely N-dealkylation sites (N-methyl/N-ethyl adjacent to an activating group) is 2. The van der Waals surface area contributed by atoms with Gasteiger partial charge in [-0.3, -0.25) is 4.79 Å².